The molecule has 5 heteroatoms. The number of carbonyl (C=O) groups excluding carboxylic acids is 1. The molecular formula is C26H27N3OS. The summed E-state index contributed by atoms with van der Waals surface area (Å²) in [5.41, 5.74) is 3.27. The maximum atomic E-state index is 13.8. The molecule has 0 aliphatic carbocycles. The van der Waals surface area contributed by atoms with Crippen LogP contribution in [0.15, 0.2) is 72.8 Å². The molecule has 1 aliphatic rings. The average Bonchev–Trinajstić information content (AvgIpc) is 3.32. The molecule has 2 aromatic heterocycles. The summed E-state index contributed by atoms with van der Waals surface area (Å²) >= 11 is 1.77. The second-order valence-corrected chi connectivity index (χ2v) is 9.50. The van der Waals surface area contributed by atoms with Crippen molar-refractivity contribution in [3.63, 3.8) is 0 Å². The molecule has 1 atom stereocenters. The molecule has 4 nitrogen and oxygen atoms in total. The van der Waals surface area contributed by atoms with E-state index in [9.17, 15) is 4.79 Å². The zero-order chi connectivity index (χ0) is 21.2. The first-order valence-corrected chi connectivity index (χ1v) is 11.7. The van der Waals surface area contributed by atoms with E-state index in [1.54, 1.807) is 11.3 Å². The van der Waals surface area contributed by atoms with Crippen LogP contribution >= 0.6 is 11.3 Å². The predicted octanol–water partition coefficient (Wildman–Crippen LogP) is 4.72. The largest absolute Gasteiger partial charge is 0.332 e. The summed E-state index contributed by atoms with van der Waals surface area (Å²) in [7, 11) is 0. The first-order chi connectivity index (χ1) is 15.2. The molecule has 1 saturated heterocycles. The van der Waals surface area contributed by atoms with Crippen molar-refractivity contribution in [1.29, 1.82) is 0 Å². The van der Waals surface area contributed by atoms with E-state index < -0.39 is 0 Å². The Balaban J connectivity index is 1.49. The molecule has 2 aromatic carbocycles. The number of carbonyl (C=O) groups is 1. The van der Waals surface area contributed by atoms with Gasteiger partial charge < -0.3 is 14.8 Å². The van der Waals surface area contributed by atoms with Crippen LogP contribution in [-0.4, -0.2) is 41.1 Å². The maximum absolute atomic E-state index is 13.8. The Morgan fingerprint density at radius 3 is 2.48 bits per heavy atom. The molecule has 0 spiro atoms. The highest BCUT2D eigenvalue weighted by molar-refractivity contribution is 7.18. The lowest BCUT2D eigenvalue weighted by atomic mass is 10.0. The van der Waals surface area contributed by atoms with E-state index >= 15 is 0 Å². The predicted molar refractivity (Wildman–Crippen MR) is 128 cm³/mol. The highest BCUT2D eigenvalue weighted by atomic mass is 32.1. The molecule has 0 bridgehead atoms. The number of thiophene rings is 1. The Hall–Kier alpha value is -2.89. The molecule has 0 saturated carbocycles. The van der Waals surface area contributed by atoms with E-state index in [0.717, 1.165) is 37.1 Å². The van der Waals surface area contributed by atoms with E-state index in [4.69, 9.17) is 0 Å². The molecule has 4 aromatic rings. The highest BCUT2D eigenvalue weighted by Gasteiger charge is 2.30. The van der Waals surface area contributed by atoms with Crippen molar-refractivity contribution in [3.05, 3.63) is 94.5 Å². The van der Waals surface area contributed by atoms with Gasteiger partial charge in [-0.05, 0) is 36.6 Å². The summed E-state index contributed by atoms with van der Waals surface area (Å²) in [6.07, 6.45) is 0.868. The van der Waals surface area contributed by atoms with Gasteiger partial charge in [0.15, 0.2) is 0 Å². The Bertz CT molecular complexity index is 1180. The van der Waals surface area contributed by atoms with Crippen LogP contribution in [0, 0.1) is 6.92 Å². The molecule has 0 unspecified atom stereocenters. The first kappa shape index (κ1) is 20.0. The number of piperazine rings is 1. The number of nitrogens with one attached hydrogen (secondary N) is 1. The van der Waals surface area contributed by atoms with Crippen LogP contribution < -0.4 is 5.32 Å². The van der Waals surface area contributed by atoms with Gasteiger partial charge in [0.05, 0.1) is 0 Å². The number of aryl methyl sites for hydroxylation is 1. The van der Waals surface area contributed by atoms with Crippen LogP contribution in [0.5, 0.6) is 0 Å². The topological polar surface area (TPSA) is 37.3 Å². The standard InChI is InChI=1S/C26H27N3OS/c1-19-14-22-16-24(29(26(22)31-19)18-21-10-6-3-7-11-21)25(30)28-13-12-27-17-23(28)15-20-8-4-2-5-9-20/h2-11,14,16,23,27H,12-13,15,17-18H2,1H3/t23-/m1/s1. The fourth-order valence-corrected chi connectivity index (χ4v) is 5.51. The van der Waals surface area contributed by atoms with E-state index in [1.165, 1.54) is 20.8 Å². The number of aromatic nitrogens is 1. The van der Waals surface area contributed by atoms with Crippen molar-refractivity contribution in [2.75, 3.05) is 19.6 Å². The molecule has 158 valence electrons. The van der Waals surface area contributed by atoms with Gasteiger partial charge in [0.2, 0.25) is 0 Å². The number of rotatable bonds is 5. The van der Waals surface area contributed by atoms with Crippen LogP contribution in [0.3, 0.4) is 0 Å². The van der Waals surface area contributed by atoms with Crippen LogP contribution in [0.25, 0.3) is 10.2 Å². The molecular weight excluding hydrogens is 402 g/mol. The van der Waals surface area contributed by atoms with Crippen LogP contribution in [0.2, 0.25) is 0 Å². The SMILES string of the molecule is Cc1cc2cc(C(=O)N3CCNC[C@H]3Cc3ccccc3)n(Cc3ccccc3)c2s1. The van der Waals surface area contributed by atoms with Gasteiger partial charge in [-0.15, -0.1) is 11.3 Å². The molecule has 3 heterocycles. The van der Waals surface area contributed by atoms with Gasteiger partial charge in [0, 0.05) is 42.5 Å². The van der Waals surface area contributed by atoms with E-state index in [1.807, 2.05) is 12.1 Å². The minimum atomic E-state index is 0.138. The fraction of sp³-hybridized carbons (Fsp3) is 0.269. The molecule has 0 radical (unpaired) electrons. The smallest absolute Gasteiger partial charge is 0.270 e. The highest BCUT2D eigenvalue weighted by Crippen LogP contribution is 2.30. The van der Waals surface area contributed by atoms with Gasteiger partial charge in [-0.3, -0.25) is 4.79 Å². The molecule has 1 fully saturated rings. The second-order valence-electron chi connectivity index (χ2n) is 8.27. The van der Waals surface area contributed by atoms with Crippen molar-refractivity contribution in [1.82, 2.24) is 14.8 Å². The number of benzene rings is 2. The number of amides is 1. The Morgan fingerprint density at radius 1 is 1.03 bits per heavy atom. The Kier molecular flexibility index (Phi) is 5.62. The normalized spacial score (nSPS) is 16.7. The summed E-state index contributed by atoms with van der Waals surface area (Å²) in [4.78, 5) is 18.4. The summed E-state index contributed by atoms with van der Waals surface area (Å²) in [5, 5.41) is 4.64. The van der Waals surface area contributed by atoms with E-state index in [2.05, 4.69) is 82.4 Å². The van der Waals surface area contributed by atoms with E-state index in [-0.39, 0.29) is 11.9 Å². The van der Waals surface area contributed by atoms with Gasteiger partial charge in [0.1, 0.15) is 10.5 Å². The lowest BCUT2D eigenvalue weighted by molar-refractivity contribution is 0.0626. The van der Waals surface area contributed by atoms with Crippen LogP contribution in [-0.2, 0) is 13.0 Å². The van der Waals surface area contributed by atoms with Gasteiger partial charge in [-0.2, -0.15) is 0 Å². The van der Waals surface area contributed by atoms with Crippen molar-refractivity contribution in [2.45, 2.75) is 25.9 Å². The van der Waals surface area contributed by atoms with Gasteiger partial charge in [-0.1, -0.05) is 60.7 Å². The number of fused-ring (bicyclic) bond motifs is 1. The van der Waals surface area contributed by atoms with Crippen molar-refractivity contribution in [2.24, 2.45) is 0 Å². The minimum Gasteiger partial charge on any atom is -0.332 e. The lowest BCUT2D eigenvalue weighted by Crippen LogP contribution is -2.54. The maximum Gasteiger partial charge on any atom is 0.270 e. The van der Waals surface area contributed by atoms with Gasteiger partial charge in [0.25, 0.3) is 5.91 Å². The Labute approximate surface area is 187 Å². The fourth-order valence-electron chi connectivity index (χ4n) is 4.51. The number of nitrogens with zero attached hydrogens (tertiary/aromatic N) is 2. The zero-order valence-electron chi connectivity index (χ0n) is 17.8. The van der Waals surface area contributed by atoms with Gasteiger partial charge >= 0.3 is 0 Å². The summed E-state index contributed by atoms with van der Waals surface area (Å²) in [5.74, 6) is 0.138. The summed E-state index contributed by atoms with van der Waals surface area (Å²) in [6, 6.07) is 25.3. The quantitative estimate of drug-likeness (QED) is 0.499. The average molecular weight is 430 g/mol. The number of hydrogen-bond donors (Lipinski definition) is 1. The third-order valence-electron chi connectivity index (χ3n) is 6.02. The second kappa shape index (κ2) is 8.69. The van der Waals surface area contributed by atoms with Crippen LogP contribution in [0.4, 0.5) is 0 Å². The molecule has 1 N–H and O–H groups in total. The third kappa shape index (κ3) is 4.16. The molecule has 5 rings (SSSR count). The molecule has 1 aliphatic heterocycles. The van der Waals surface area contributed by atoms with Crippen LogP contribution in [0.1, 0.15) is 26.5 Å². The lowest BCUT2D eigenvalue weighted by Gasteiger charge is -2.36. The first-order valence-electron chi connectivity index (χ1n) is 10.9. The van der Waals surface area contributed by atoms with Crippen molar-refractivity contribution < 1.29 is 4.79 Å². The minimum absolute atomic E-state index is 0.138. The zero-order valence-corrected chi connectivity index (χ0v) is 18.6. The molecule has 31 heavy (non-hydrogen) atoms. The Morgan fingerprint density at radius 2 is 1.74 bits per heavy atom. The van der Waals surface area contributed by atoms with E-state index in [0.29, 0.717) is 6.54 Å². The number of hydrogen-bond acceptors (Lipinski definition) is 3. The van der Waals surface area contributed by atoms with Crippen molar-refractivity contribution >= 4 is 27.5 Å². The summed E-state index contributed by atoms with van der Waals surface area (Å²) in [6.45, 7) is 5.24. The van der Waals surface area contributed by atoms with Crippen molar-refractivity contribution in [3.8, 4) is 0 Å². The summed E-state index contributed by atoms with van der Waals surface area (Å²) < 4.78 is 2.21. The van der Waals surface area contributed by atoms with Gasteiger partial charge in [-0.25, -0.2) is 0 Å². The molecule has 1 amide bonds. The monoisotopic (exact) mass is 429 g/mol. The third-order valence-corrected chi connectivity index (χ3v) is 7.11.